The molecule has 0 heterocycles. The lowest BCUT2D eigenvalue weighted by molar-refractivity contribution is -0.122. The number of likely N-dealkylation sites (N-methyl/N-ethyl adjacent to an activating group) is 2. The van der Waals surface area contributed by atoms with Crippen molar-refractivity contribution in [3.05, 3.63) is 0 Å². The molecule has 0 rings (SSSR count). The second-order valence-corrected chi connectivity index (χ2v) is 2.74. The van der Waals surface area contributed by atoms with E-state index in [0.717, 1.165) is 19.3 Å². The van der Waals surface area contributed by atoms with Gasteiger partial charge in [0.05, 0.1) is 6.04 Å². The Morgan fingerprint density at radius 1 is 1.42 bits per heavy atom. The van der Waals surface area contributed by atoms with Crippen LogP contribution >= 0.6 is 0 Å². The van der Waals surface area contributed by atoms with Gasteiger partial charge in [0.25, 0.3) is 0 Å². The van der Waals surface area contributed by atoms with Gasteiger partial charge in [-0.1, -0.05) is 6.42 Å². The third kappa shape index (κ3) is 4.31. The van der Waals surface area contributed by atoms with E-state index in [0.29, 0.717) is 6.54 Å². The average molecular weight is 173 g/mol. The first-order chi connectivity index (χ1) is 5.76. The molecule has 72 valence electrons. The van der Waals surface area contributed by atoms with E-state index in [1.165, 1.54) is 0 Å². The molecule has 0 aromatic heterocycles. The van der Waals surface area contributed by atoms with Crippen molar-refractivity contribution >= 4 is 5.91 Å². The Morgan fingerprint density at radius 3 is 2.50 bits per heavy atom. The maximum absolute atomic E-state index is 11.1. The Labute approximate surface area is 73.9 Å². The minimum Gasteiger partial charge on any atom is -0.358 e. The summed E-state index contributed by atoms with van der Waals surface area (Å²) in [5, 5.41) is 5.57. The number of carbonyl (C=O) groups excluding carboxylic acids is 1. The van der Waals surface area contributed by atoms with Crippen LogP contribution in [0.1, 0.15) is 19.3 Å². The number of carbonyl (C=O) groups is 1. The van der Waals surface area contributed by atoms with Crippen molar-refractivity contribution in [3.8, 4) is 0 Å². The van der Waals surface area contributed by atoms with E-state index in [-0.39, 0.29) is 11.9 Å². The number of nitrogens with two attached hydrogens (primary N) is 1. The van der Waals surface area contributed by atoms with Crippen LogP contribution in [-0.2, 0) is 4.79 Å². The van der Waals surface area contributed by atoms with Crippen molar-refractivity contribution in [3.63, 3.8) is 0 Å². The van der Waals surface area contributed by atoms with Gasteiger partial charge in [0.2, 0.25) is 5.91 Å². The molecule has 0 spiro atoms. The molecular weight excluding hydrogens is 154 g/mol. The molecule has 0 aliphatic rings. The minimum absolute atomic E-state index is 0.0505. The van der Waals surface area contributed by atoms with E-state index in [1.54, 1.807) is 14.1 Å². The fraction of sp³-hybridized carbons (Fsp3) is 0.875. The third-order valence-corrected chi connectivity index (χ3v) is 1.86. The Hall–Kier alpha value is -0.610. The first-order valence-electron chi connectivity index (χ1n) is 4.35. The van der Waals surface area contributed by atoms with Crippen LogP contribution < -0.4 is 16.4 Å². The van der Waals surface area contributed by atoms with Crippen LogP contribution in [-0.4, -0.2) is 32.6 Å². The van der Waals surface area contributed by atoms with Gasteiger partial charge in [-0.2, -0.15) is 0 Å². The van der Waals surface area contributed by atoms with Gasteiger partial charge in [0, 0.05) is 7.05 Å². The second kappa shape index (κ2) is 7.06. The highest BCUT2D eigenvalue weighted by molar-refractivity contribution is 5.81. The van der Waals surface area contributed by atoms with Gasteiger partial charge in [-0.25, -0.2) is 0 Å². The molecule has 1 atom stereocenters. The number of rotatable bonds is 6. The van der Waals surface area contributed by atoms with Gasteiger partial charge in [-0.3, -0.25) is 4.79 Å². The maximum Gasteiger partial charge on any atom is 0.236 e. The second-order valence-electron chi connectivity index (χ2n) is 2.74. The normalized spacial score (nSPS) is 12.6. The van der Waals surface area contributed by atoms with Gasteiger partial charge >= 0.3 is 0 Å². The fourth-order valence-corrected chi connectivity index (χ4v) is 1.07. The summed E-state index contributed by atoms with van der Waals surface area (Å²) in [4.78, 5) is 11.1. The summed E-state index contributed by atoms with van der Waals surface area (Å²) < 4.78 is 0. The van der Waals surface area contributed by atoms with Crippen LogP contribution in [0, 0.1) is 0 Å². The minimum atomic E-state index is -0.0680. The van der Waals surface area contributed by atoms with Gasteiger partial charge in [-0.05, 0) is 26.4 Å². The summed E-state index contributed by atoms with van der Waals surface area (Å²) in [7, 11) is 3.44. The molecule has 0 saturated carbocycles. The molecule has 4 heteroatoms. The molecule has 4 nitrogen and oxygen atoms in total. The summed E-state index contributed by atoms with van der Waals surface area (Å²) in [5.74, 6) is 0.0505. The van der Waals surface area contributed by atoms with E-state index in [2.05, 4.69) is 10.6 Å². The van der Waals surface area contributed by atoms with Gasteiger partial charge in [0.1, 0.15) is 0 Å². The summed E-state index contributed by atoms with van der Waals surface area (Å²) in [6, 6.07) is -0.0680. The largest absolute Gasteiger partial charge is 0.358 e. The van der Waals surface area contributed by atoms with Crippen LogP contribution in [0.25, 0.3) is 0 Å². The van der Waals surface area contributed by atoms with E-state index in [4.69, 9.17) is 5.73 Å². The van der Waals surface area contributed by atoms with Crippen LogP contribution in [0.5, 0.6) is 0 Å². The zero-order chi connectivity index (χ0) is 9.40. The predicted molar refractivity (Wildman–Crippen MR) is 49.8 cm³/mol. The smallest absolute Gasteiger partial charge is 0.236 e. The average Bonchev–Trinajstić information content (AvgIpc) is 2.11. The molecule has 0 aliphatic heterocycles. The first-order valence-corrected chi connectivity index (χ1v) is 4.35. The van der Waals surface area contributed by atoms with Crippen molar-refractivity contribution in [2.45, 2.75) is 25.3 Å². The number of hydrogen-bond donors (Lipinski definition) is 3. The van der Waals surface area contributed by atoms with Crippen molar-refractivity contribution < 1.29 is 4.79 Å². The summed E-state index contributed by atoms with van der Waals surface area (Å²) in [6.45, 7) is 0.699. The Balaban J connectivity index is 3.60. The SMILES string of the molecule is CNC(=O)C(CCCCN)NC. The molecular formula is C8H19N3O. The molecule has 4 N–H and O–H groups in total. The van der Waals surface area contributed by atoms with E-state index in [1.807, 2.05) is 0 Å². The lowest BCUT2D eigenvalue weighted by atomic mass is 10.1. The monoisotopic (exact) mass is 173 g/mol. The standard InChI is InChI=1S/C8H19N3O/c1-10-7(8(12)11-2)5-3-4-6-9/h7,10H,3-6,9H2,1-2H3,(H,11,12). The molecule has 1 unspecified atom stereocenters. The Bertz CT molecular complexity index is 127. The summed E-state index contributed by atoms with van der Waals surface area (Å²) in [5.41, 5.74) is 5.34. The first kappa shape index (κ1) is 11.4. The lowest BCUT2D eigenvalue weighted by Gasteiger charge is -2.13. The molecule has 0 aliphatic carbocycles. The summed E-state index contributed by atoms with van der Waals surface area (Å²) >= 11 is 0. The van der Waals surface area contributed by atoms with Crippen LogP contribution in [0.4, 0.5) is 0 Å². The quantitative estimate of drug-likeness (QED) is 0.472. The maximum atomic E-state index is 11.1. The van der Waals surface area contributed by atoms with Crippen LogP contribution in [0.3, 0.4) is 0 Å². The number of hydrogen-bond acceptors (Lipinski definition) is 3. The highest BCUT2D eigenvalue weighted by Gasteiger charge is 2.12. The highest BCUT2D eigenvalue weighted by atomic mass is 16.2. The summed E-state index contributed by atoms with van der Waals surface area (Å²) in [6.07, 6.45) is 2.83. The number of amides is 1. The molecule has 0 aromatic carbocycles. The van der Waals surface area contributed by atoms with E-state index in [9.17, 15) is 4.79 Å². The lowest BCUT2D eigenvalue weighted by Crippen LogP contribution is -2.40. The molecule has 0 radical (unpaired) electrons. The van der Waals surface area contributed by atoms with Gasteiger partial charge in [0.15, 0.2) is 0 Å². The number of unbranched alkanes of at least 4 members (excludes halogenated alkanes) is 1. The van der Waals surface area contributed by atoms with Crippen molar-refractivity contribution in [2.75, 3.05) is 20.6 Å². The Morgan fingerprint density at radius 2 is 2.08 bits per heavy atom. The molecule has 12 heavy (non-hydrogen) atoms. The van der Waals surface area contributed by atoms with Crippen molar-refractivity contribution in [2.24, 2.45) is 5.73 Å². The predicted octanol–water partition coefficient (Wildman–Crippen LogP) is -0.551. The topological polar surface area (TPSA) is 67.2 Å². The van der Waals surface area contributed by atoms with Crippen molar-refractivity contribution in [1.29, 1.82) is 0 Å². The van der Waals surface area contributed by atoms with Gasteiger partial charge in [-0.15, -0.1) is 0 Å². The van der Waals surface area contributed by atoms with Crippen molar-refractivity contribution in [1.82, 2.24) is 10.6 Å². The Kier molecular flexibility index (Phi) is 6.70. The highest BCUT2D eigenvalue weighted by Crippen LogP contribution is 1.99. The zero-order valence-corrected chi connectivity index (χ0v) is 7.89. The number of nitrogens with one attached hydrogen (secondary N) is 2. The van der Waals surface area contributed by atoms with Crippen LogP contribution in [0.15, 0.2) is 0 Å². The molecule has 0 aromatic rings. The third-order valence-electron chi connectivity index (χ3n) is 1.86. The zero-order valence-electron chi connectivity index (χ0n) is 7.89. The molecule has 0 fully saturated rings. The van der Waals surface area contributed by atoms with E-state index >= 15 is 0 Å². The fourth-order valence-electron chi connectivity index (χ4n) is 1.07. The molecule has 1 amide bonds. The molecule has 0 bridgehead atoms. The molecule has 0 saturated heterocycles. The van der Waals surface area contributed by atoms with E-state index < -0.39 is 0 Å². The van der Waals surface area contributed by atoms with Crippen LogP contribution in [0.2, 0.25) is 0 Å². The van der Waals surface area contributed by atoms with Gasteiger partial charge < -0.3 is 16.4 Å².